The molecule has 1 aliphatic heterocycles. The number of amides is 1. The fraction of sp³-hybridized carbons (Fsp3) is 0.387. The molecule has 11 heteroatoms. The quantitative estimate of drug-likeness (QED) is 0.282. The first-order chi connectivity index (χ1) is 20.3. The second-order valence-corrected chi connectivity index (χ2v) is 10.7. The molecule has 1 aromatic carbocycles. The molecule has 0 bridgehead atoms. The second kappa shape index (κ2) is 13.2. The van der Waals surface area contributed by atoms with Crippen molar-refractivity contribution in [3.05, 3.63) is 72.3 Å². The van der Waals surface area contributed by atoms with Gasteiger partial charge in [-0.25, -0.2) is 23.7 Å². The van der Waals surface area contributed by atoms with E-state index in [0.29, 0.717) is 38.3 Å². The Labute approximate surface area is 244 Å². The lowest BCUT2D eigenvalue weighted by atomic mass is 9.87. The van der Waals surface area contributed by atoms with Crippen LogP contribution in [0.15, 0.2) is 61.2 Å². The summed E-state index contributed by atoms with van der Waals surface area (Å²) in [6.07, 6.45) is 2.71. The molecule has 220 valence electrons. The number of pyridine rings is 2. The van der Waals surface area contributed by atoms with Gasteiger partial charge in [-0.1, -0.05) is 32.0 Å². The molecule has 2 unspecified atom stereocenters. The Kier molecular flexibility index (Phi) is 9.16. The first-order valence-corrected chi connectivity index (χ1v) is 14.2. The van der Waals surface area contributed by atoms with E-state index in [4.69, 9.17) is 0 Å². The van der Waals surface area contributed by atoms with Gasteiger partial charge in [-0.2, -0.15) is 0 Å². The van der Waals surface area contributed by atoms with Crippen LogP contribution >= 0.6 is 0 Å². The molecule has 2 atom stereocenters. The minimum Gasteiger partial charge on any atom is -0.370 e. The number of hydrogen-bond acceptors (Lipinski definition) is 8. The molecule has 2 N–H and O–H groups in total. The Morgan fingerprint density at radius 3 is 2.52 bits per heavy atom. The minimum atomic E-state index is -2.31. The number of nitrogens with zero attached hydrogens (tertiary/aromatic N) is 6. The van der Waals surface area contributed by atoms with E-state index in [1.807, 2.05) is 30.3 Å². The number of piperazine rings is 1. The van der Waals surface area contributed by atoms with Crippen LogP contribution in [0.25, 0.3) is 22.2 Å². The van der Waals surface area contributed by atoms with E-state index < -0.39 is 6.43 Å². The summed E-state index contributed by atoms with van der Waals surface area (Å²) < 4.78 is 25.3. The van der Waals surface area contributed by atoms with Gasteiger partial charge in [0.2, 0.25) is 0 Å². The van der Waals surface area contributed by atoms with Crippen molar-refractivity contribution in [2.45, 2.75) is 26.2 Å². The standard InChI is InChI=1S/C31H36F2N8O/c1-20(21(2)23-5-4-6-24-25(31(42)34-3)9-10-35-30(23)24)16-36-28-15-26(38-19-39-28)22-7-8-29(37-17-22)41-13-11-40(12-14-41)18-27(32)33/h4-10,15,17,19-21,27H,11-14,16,18H2,1-3H3,(H,34,42)(H,36,38,39). The maximum atomic E-state index is 12.7. The molecule has 9 nitrogen and oxygen atoms in total. The van der Waals surface area contributed by atoms with Gasteiger partial charge in [-0.15, -0.1) is 0 Å². The van der Waals surface area contributed by atoms with Crippen LogP contribution in [0.2, 0.25) is 0 Å². The Hall–Kier alpha value is -4.25. The molecule has 0 spiro atoms. The van der Waals surface area contributed by atoms with Gasteiger partial charge in [-0.3, -0.25) is 14.7 Å². The lowest BCUT2D eigenvalue weighted by molar-refractivity contribution is 0.0853. The van der Waals surface area contributed by atoms with Crippen LogP contribution in [-0.2, 0) is 0 Å². The SMILES string of the molecule is CNC(=O)c1ccnc2c(C(C)C(C)CNc3cc(-c4ccc(N5CCN(CC(F)F)CC5)nc4)ncn3)cccc12. The van der Waals surface area contributed by atoms with Crippen molar-refractivity contribution < 1.29 is 13.6 Å². The number of hydrogen-bond donors (Lipinski definition) is 2. The van der Waals surface area contributed by atoms with Crippen molar-refractivity contribution in [3.63, 3.8) is 0 Å². The van der Waals surface area contributed by atoms with Crippen molar-refractivity contribution in [3.8, 4) is 11.3 Å². The Bertz CT molecular complexity index is 1510. The molecular formula is C31H36F2N8O. The summed E-state index contributed by atoms with van der Waals surface area (Å²) in [4.78, 5) is 34.4. The van der Waals surface area contributed by atoms with Gasteiger partial charge >= 0.3 is 0 Å². The van der Waals surface area contributed by atoms with Crippen LogP contribution in [0.3, 0.4) is 0 Å². The maximum absolute atomic E-state index is 12.7. The van der Waals surface area contributed by atoms with E-state index >= 15 is 0 Å². The summed E-state index contributed by atoms with van der Waals surface area (Å²) in [5, 5.41) is 7.00. The van der Waals surface area contributed by atoms with E-state index in [1.54, 1.807) is 30.4 Å². The molecule has 1 aliphatic rings. The third-order valence-corrected chi connectivity index (χ3v) is 8.03. The number of halogens is 2. The van der Waals surface area contributed by atoms with Crippen LogP contribution in [-0.4, -0.2) is 83.5 Å². The van der Waals surface area contributed by atoms with Crippen LogP contribution in [0, 0.1) is 5.92 Å². The predicted octanol–water partition coefficient (Wildman–Crippen LogP) is 4.69. The summed E-state index contributed by atoms with van der Waals surface area (Å²) in [6.45, 7) is 7.38. The van der Waals surface area contributed by atoms with Gasteiger partial charge in [0.25, 0.3) is 12.3 Å². The molecule has 0 saturated carbocycles. The van der Waals surface area contributed by atoms with Crippen LogP contribution < -0.4 is 15.5 Å². The normalized spacial score (nSPS) is 15.5. The molecule has 3 aromatic heterocycles. The molecule has 5 rings (SSSR count). The van der Waals surface area contributed by atoms with Gasteiger partial charge in [-0.05, 0) is 35.6 Å². The first-order valence-electron chi connectivity index (χ1n) is 14.2. The number of fused-ring (bicyclic) bond motifs is 1. The van der Waals surface area contributed by atoms with Crippen molar-refractivity contribution in [2.75, 3.05) is 56.5 Å². The van der Waals surface area contributed by atoms with Crippen molar-refractivity contribution in [1.82, 2.24) is 30.2 Å². The third-order valence-electron chi connectivity index (χ3n) is 8.03. The predicted molar refractivity (Wildman–Crippen MR) is 161 cm³/mol. The largest absolute Gasteiger partial charge is 0.370 e. The lowest BCUT2D eigenvalue weighted by Crippen LogP contribution is -2.48. The van der Waals surface area contributed by atoms with E-state index in [2.05, 4.69) is 55.4 Å². The molecule has 1 amide bonds. The van der Waals surface area contributed by atoms with E-state index in [-0.39, 0.29) is 24.3 Å². The average Bonchev–Trinajstić information content (AvgIpc) is 3.02. The van der Waals surface area contributed by atoms with Crippen molar-refractivity contribution in [1.29, 1.82) is 0 Å². The summed E-state index contributed by atoms with van der Waals surface area (Å²) in [6, 6.07) is 13.6. The average molecular weight is 575 g/mol. The highest BCUT2D eigenvalue weighted by molar-refractivity contribution is 6.06. The van der Waals surface area contributed by atoms with Gasteiger partial charge in [0.05, 0.1) is 23.3 Å². The summed E-state index contributed by atoms with van der Waals surface area (Å²) >= 11 is 0. The fourth-order valence-electron chi connectivity index (χ4n) is 5.34. The molecule has 1 saturated heterocycles. The zero-order chi connectivity index (χ0) is 29.6. The highest BCUT2D eigenvalue weighted by Crippen LogP contribution is 2.31. The van der Waals surface area contributed by atoms with E-state index in [9.17, 15) is 13.6 Å². The van der Waals surface area contributed by atoms with Crippen LogP contribution in [0.1, 0.15) is 35.7 Å². The number of nitrogens with one attached hydrogen (secondary N) is 2. The molecule has 1 fully saturated rings. The Balaban J connectivity index is 1.22. The van der Waals surface area contributed by atoms with Gasteiger partial charge in [0, 0.05) is 69.2 Å². The number of rotatable bonds is 10. The number of aromatic nitrogens is 4. The van der Waals surface area contributed by atoms with Crippen LogP contribution in [0.4, 0.5) is 20.4 Å². The Morgan fingerprint density at radius 1 is 1.00 bits per heavy atom. The van der Waals surface area contributed by atoms with E-state index in [0.717, 1.165) is 39.4 Å². The smallest absolute Gasteiger partial charge is 0.251 e. The topological polar surface area (TPSA) is 99.2 Å². The number of alkyl halides is 2. The summed E-state index contributed by atoms with van der Waals surface area (Å²) in [5.74, 6) is 1.83. The minimum absolute atomic E-state index is 0.128. The van der Waals surface area contributed by atoms with E-state index in [1.165, 1.54) is 6.33 Å². The molecule has 0 aliphatic carbocycles. The fourth-order valence-corrected chi connectivity index (χ4v) is 5.34. The summed E-state index contributed by atoms with van der Waals surface area (Å²) in [5.41, 5.74) is 4.18. The third kappa shape index (κ3) is 6.62. The highest BCUT2D eigenvalue weighted by Gasteiger charge is 2.21. The number of carbonyl (C=O) groups excluding carboxylic acids is 1. The highest BCUT2D eigenvalue weighted by atomic mass is 19.3. The van der Waals surface area contributed by atoms with Gasteiger partial charge in [0.15, 0.2) is 0 Å². The maximum Gasteiger partial charge on any atom is 0.251 e. The second-order valence-electron chi connectivity index (χ2n) is 10.7. The van der Waals surface area contributed by atoms with Gasteiger partial charge in [0.1, 0.15) is 18.0 Å². The van der Waals surface area contributed by atoms with Crippen molar-refractivity contribution >= 4 is 28.4 Å². The zero-order valence-electron chi connectivity index (χ0n) is 24.1. The Morgan fingerprint density at radius 2 is 1.81 bits per heavy atom. The molecule has 42 heavy (non-hydrogen) atoms. The zero-order valence-corrected chi connectivity index (χ0v) is 24.1. The molecule has 4 heterocycles. The number of anilines is 2. The molecular weight excluding hydrogens is 538 g/mol. The van der Waals surface area contributed by atoms with Crippen LogP contribution in [0.5, 0.6) is 0 Å². The molecule has 0 radical (unpaired) electrons. The first kappa shape index (κ1) is 29.2. The van der Waals surface area contributed by atoms with Gasteiger partial charge < -0.3 is 15.5 Å². The number of benzene rings is 1. The summed E-state index contributed by atoms with van der Waals surface area (Å²) in [7, 11) is 1.63. The lowest BCUT2D eigenvalue weighted by Gasteiger charge is -2.35. The van der Waals surface area contributed by atoms with Crippen molar-refractivity contribution in [2.24, 2.45) is 5.92 Å². The number of para-hydroxylation sites is 1. The molecule has 4 aromatic rings. The number of carbonyl (C=O) groups is 1. The monoisotopic (exact) mass is 574 g/mol.